The molecule has 3 nitrogen and oxygen atoms in total. The normalized spacial score (nSPS) is 21.4. The van der Waals surface area contributed by atoms with Crippen molar-refractivity contribution < 1.29 is 12.8 Å². The van der Waals surface area contributed by atoms with Gasteiger partial charge in [0.25, 0.3) is 0 Å². The van der Waals surface area contributed by atoms with Crippen LogP contribution >= 0.6 is 0 Å². The number of benzene rings is 1. The van der Waals surface area contributed by atoms with E-state index in [0.29, 0.717) is 0 Å². The second kappa shape index (κ2) is 4.74. The zero-order chi connectivity index (χ0) is 12.5. The van der Waals surface area contributed by atoms with Gasteiger partial charge >= 0.3 is 0 Å². The molecule has 1 atom stereocenters. The maximum atomic E-state index is 13.7. The quantitative estimate of drug-likeness (QED) is 0.882. The van der Waals surface area contributed by atoms with E-state index in [-0.39, 0.29) is 10.9 Å². The SMILES string of the molecule is CS(=O)(=O)c1ccc(C2CCCCN2)cc1F. The standard InChI is InChI=1S/C12H16FNO2S/c1-17(15,16)12-6-5-9(8-10(12)13)11-4-2-3-7-14-11/h5-6,8,11,14H,2-4,7H2,1H3. The van der Waals surface area contributed by atoms with E-state index in [2.05, 4.69) is 5.32 Å². The minimum Gasteiger partial charge on any atom is -0.310 e. The molecule has 1 saturated heterocycles. The van der Waals surface area contributed by atoms with Crippen LogP contribution in [0.2, 0.25) is 0 Å². The second-order valence-electron chi connectivity index (χ2n) is 4.46. The molecule has 0 bridgehead atoms. The van der Waals surface area contributed by atoms with Gasteiger partial charge in [0, 0.05) is 12.3 Å². The van der Waals surface area contributed by atoms with Crippen molar-refractivity contribution in [3.63, 3.8) is 0 Å². The molecule has 94 valence electrons. The van der Waals surface area contributed by atoms with Crippen LogP contribution in [0.3, 0.4) is 0 Å². The highest BCUT2D eigenvalue weighted by atomic mass is 32.2. The Labute approximate surface area is 101 Å². The van der Waals surface area contributed by atoms with Gasteiger partial charge in [-0.15, -0.1) is 0 Å². The lowest BCUT2D eigenvalue weighted by Gasteiger charge is -2.24. The Morgan fingerprint density at radius 2 is 2.12 bits per heavy atom. The average Bonchev–Trinajstić information content (AvgIpc) is 2.28. The summed E-state index contributed by atoms with van der Waals surface area (Å²) in [4.78, 5) is -0.225. The Morgan fingerprint density at radius 1 is 1.35 bits per heavy atom. The Morgan fingerprint density at radius 3 is 2.65 bits per heavy atom. The molecule has 1 fully saturated rings. The van der Waals surface area contributed by atoms with Crippen LogP contribution in [-0.4, -0.2) is 21.2 Å². The fourth-order valence-corrected chi connectivity index (χ4v) is 2.90. The van der Waals surface area contributed by atoms with E-state index in [9.17, 15) is 12.8 Å². The van der Waals surface area contributed by atoms with Gasteiger partial charge < -0.3 is 5.32 Å². The van der Waals surface area contributed by atoms with Crippen LogP contribution in [0.5, 0.6) is 0 Å². The van der Waals surface area contributed by atoms with Gasteiger partial charge in [0.05, 0.1) is 0 Å². The Hall–Kier alpha value is -0.940. The summed E-state index contributed by atoms with van der Waals surface area (Å²) in [5.74, 6) is -0.655. The number of hydrogen-bond donors (Lipinski definition) is 1. The Kier molecular flexibility index (Phi) is 3.49. The number of sulfone groups is 1. The minimum absolute atomic E-state index is 0.145. The lowest BCUT2D eigenvalue weighted by Crippen LogP contribution is -2.26. The van der Waals surface area contributed by atoms with Gasteiger partial charge in [-0.05, 0) is 37.1 Å². The van der Waals surface area contributed by atoms with Crippen molar-refractivity contribution in [1.82, 2.24) is 5.32 Å². The smallest absolute Gasteiger partial charge is 0.178 e. The summed E-state index contributed by atoms with van der Waals surface area (Å²) < 4.78 is 36.3. The number of nitrogens with one attached hydrogen (secondary N) is 1. The molecule has 1 aliphatic heterocycles. The van der Waals surface area contributed by atoms with Gasteiger partial charge in [0.2, 0.25) is 0 Å². The highest BCUT2D eigenvalue weighted by Crippen LogP contribution is 2.25. The summed E-state index contributed by atoms with van der Waals surface area (Å²) in [6.07, 6.45) is 4.25. The third-order valence-corrected chi connectivity index (χ3v) is 4.20. The monoisotopic (exact) mass is 257 g/mol. The van der Waals surface area contributed by atoms with Gasteiger partial charge in [-0.1, -0.05) is 12.5 Å². The Balaban J connectivity index is 2.30. The van der Waals surface area contributed by atoms with Crippen molar-refractivity contribution in [3.8, 4) is 0 Å². The fourth-order valence-electron chi connectivity index (χ4n) is 2.17. The first-order valence-electron chi connectivity index (χ1n) is 5.71. The van der Waals surface area contributed by atoms with Crippen molar-refractivity contribution in [1.29, 1.82) is 0 Å². The molecule has 1 N–H and O–H groups in total. The number of piperidine rings is 1. The summed E-state index contributed by atoms with van der Waals surface area (Å²) >= 11 is 0. The van der Waals surface area contributed by atoms with Crippen LogP contribution in [0.15, 0.2) is 23.1 Å². The first kappa shape index (κ1) is 12.5. The van der Waals surface area contributed by atoms with Crippen molar-refractivity contribution in [2.45, 2.75) is 30.2 Å². The van der Waals surface area contributed by atoms with E-state index in [1.165, 1.54) is 12.1 Å². The number of halogens is 1. The van der Waals surface area contributed by atoms with E-state index >= 15 is 0 Å². The molecule has 1 aromatic carbocycles. The number of hydrogen-bond acceptors (Lipinski definition) is 3. The third-order valence-electron chi connectivity index (χ3n) is 3.07. The molecular weight excluding hydrogens is 241 g/mol. The van der Waals surface area contributed by atoms with Crippen LogP contribution in [0.25, 0.3) is 0 Å². The van der Waals surface area contributed by atoms with E-state index in [1.807, 2.05) is 0 Å². The highest BCUT2D eigenvalue weighted by molar-refractivity contribution is 7.90. The molecular formula is C12H16FNO2S. The topological polar surface area (TPSA) is 46.2 Å². The lowest BCUT2D eigenvalue weighted by atomic mass is 9.97. The molecule has 1 unspecified atom stereocenters. The van der Waals surface area contributed by atoms with Gasteiger partial charge in [-0.25, -0.2) is 12.8 Å². The van der Waals surface area contributed by atoms with Crippen LogP contribution in [-0.2, 0) is 9.84 Å². The molecule has 2 rings (SSSR count). The van der Waals surface area contributed by atoms with E-state index in [4.69, 9.17) is 0 Å². The van der Waals surface area contributed by atoms with Crippen molar-refractivity contribution >= 4 is 9.84 Å². The zero-order valence-corrected chi connectivity index (χ0v) is 10.6. The summed E-state index contributed by atoms with van der Waals surface area (Å²) in [7, 11) is -3.48. The van der Waals surface area contributed by atoms with Crippen molar-refractivity contribution in [2.75, 3.05) is 12.8 Å². The van der Waals surface area contributed by atoms with Crippen LogP contribution < -0.4 is 5.32 Å². The van der Waals surface area contributed by atoms with Gasteiger partial charge in [0.15, 0.2) is 9.84 Å². The molecule has 0 amide bonds. The van der Waals surface area contributed by atoms with E-state index in [0.717, 1.165) is 37.6 Å². The van der Waals surface area contributed by atoms with Crippen molar-refractivity contribution in [3.05, 3.63) is 29.6 Å². The maximum Gasteiger partial charge on any atom is 0.178 e. The van der Waals surface area contributed by atoms with E-state index < -0.39 is 15.7 Å². The molecule has 1 heterocycles. The van der Waals surface area contributed by atoms with Crippen molar-refractivity contribution in [2.24, 2.45) is 0 Å². The summed E-state index contributed by atoms with van der Waals surface area (Å²) in [6.45, 7) is 0.931. The second-order valence-corrected chi connectivity index (χ2v) is 6.45. The fraction of sp³-hybridized carbons (Fsp3) is 0.500. The predicted molar refractivity (Wildman–Crippen MR) is 64.1 cm³/mol. The molecule has 5 heteroatoms. The maximum absolute atomic E-state index is 13.7. The predicted octanol–water partition coefficient (Wildman–Crippen LogP) is 2.04. The zero-order valence-electron chi connectivity index (χ0n) is 9.74. The summed E-state index contributed by atoms with van der Waals surface area (Å²) in [6, 6.07) is 4.53. The van der Waals surface area contributed by atoms with Gasteiger partial charge in [0.1, 0.15) is 10.7 Å². The first-order valence-corrected chi connectivity index (χ1v) is 7.60. The molecule has 0 aliphatic carbocycles. The molecule has 17 heavy (non-hydrogen) atoms. The first-order chi connectivity index (χ1) is 7.98. The Bertz CT molecular complexity index is 507. The van der Waals surface area contributed by atoms with Gasteiger partial charge in [-0.3, -0.25) is 0 Å². The molecule has 1 aromatic rings. The molecule has 1 aliphatic rings. The largest absolute Gasteiger partial charge is 0.310 e. The van der Waals surface area contributed by atoms with Crippen LogP contribution in [0, 0.1) is 5.82 Å². The van der Waals surface area contributed by atoms with Gasteiger partial charge in [-0.2, -0.15) is 0 Å². The number of rotatable bonds is 2. The molecule has 0 spiro atoms. The van der Waals surface area contributed by atoms with Crippen LogP contribution in [0.4, 0.5) is 4.39 Å². The van der Waals surface area contributed by atoms with E-state index in [1.54, 1.807) is 6.07 Å². The average molecular weight is 257 g/mol. The molecule has 0 saturated carbocycles. The highest BCUT2D eigenvalue weighted by Gasteiger charge is 2.18. The molecule has 0 aromatic heterocycles. The molecule has 0 radical (unpaired) electrons. The summed E-state index contributed by atoms with van der Waals surface area (Å²) in [5.41, 5.74) is 0.828. The van der Waals surface area contributed by atoms with Crippen LogP contribution in [0.1, 0.15) is 30.9 Å². The minimum atomic E-state index is -3.48. The third kappa shape index (κ3) is 2.84. The lowest BCUT2D eigenvalue weighted by molar-refractivity contribution is 0.410. The summed E-state index contributed by atoms with van der Waals surface area (Å²) in [5, 5.41) is 3.30.